The van der Waals surface area contributed by atoms with Crippen molar-refractivity contribution in [3.63, 3.8) is 0 Å². The molecule has 7 heteroatoms. The van der Waals surface area contributed by atoms with Crippen LogP contribution < -0.4 is 10.6 Å². The Labute approximate surface area is 95.4 Å². The summed E-state index contributed by atoms with van der Waals surface area (Å²) in [4.78, 5) is 21.3. The van der Waals surface area contributed by atoms with E-state index in [0.717, 1.165) is 6.07 Å². The predicted molar refractivity (Wildman–Crippen MR) is 55.8 cm³/mol. The van der Waals surface area contributed by atoms with Gasteiger partial charge in [0.15, 0.2) is 5.82 Å². The molecule has 17 heavy (non-hydrogen) atoms. The zero-order chi connectivity index (χ0) is 13.0. The summed E-state index contributed by atoms with van der Waals surface area (Å²) in [6.45, 7) is 0.774. The molecule has 5 nitrogen and oxygen atoms in total. The van der Waals surface area contributed by atoms with E-state index < -0.39 is 35.9 Å². The van der Waals surface area contributed by atoms with Gasteiger partial charge in [0.2, 0.25) is 0 Å². The minimum Gasteiger partial charge on any atom is -0.480 e. The lowest BCUT2D eigenvalue weighted by Crippen LogP contribution is -2.33. The predicted octanol–water partition coefficient (Wildman–Crippen LogP) is 1.48. The average Bonchev–Trinajstić information content (AvgIpc) is 2.27. The van der Waals surface area contributed by atoms with Gasteiger partial charge in [0.25, 0.3) is 0 Å². The molecular weight excluding hydrogens is 234 g/mol. The number of nitrogens with one attached hydrogen (secondary N) is 2. The van der Waals surface area contributed by atoms with E-state index in [1.165, 1.54) is 13.0 Å². The van der Waals surface area contributed by atoms with Gasteiger partial charge in [-0.25, -0.2) is 13.6 Å². The molecule has 1 rings (SSSR count). The van der Waals surface area contributed by atoms with Crippen LogP contribution in [0.3, 0.4) is 0 Å². The van der Waals surface area contributed by atoms with Crippen LogP contribution in [-0.4, -0.2) is 23.7 Å². The summed E-state index contributed by atoms with van der Waals surface area (Å²) in [5, 5.41) is 12.1. The van der Waals surface area contributed by atoms with Gasteiger partial charge in [-0.05, 0) is 18.6 Å². The Bertz CT molecular complexity index is 463. The maximum absolute atomic E-state index is 13.4. The molecule has 0 aliphatic rings. The summed E-state index contributed by atoms with van der Waals surface area (Å²) in [7, 11) is 0. The highest BCUT2D eigenvalue weighted by molar-refractivity contribution is 5.91. The van der Waals surface area contributed by atoms with E-state index in [1.807, 2.05) is 10.6 Å². The molecular formula is C10H10F2N2O3. The molecule has 0 aliphatic heterocycles. The highest BCUT2D eigenvalue weighted by Crippen LogP contribution is 2.21. The first kappa shape index (κ1) is 12.9. The fraction of sp³-hybridized carbons (Fsp3) is 0.200. The number of hydrogen-bond donors (Lipinski definition) is 3. The molecule has 0 saturated carbocycles. The van der Waals surface area contributed by atoms with Crippen LogP contribution in [-0.2, 0) is 4.79 Å². The molecule has 1 aromatic carbocycles. The summed E-state index contributed by atoms with van der Waals surface area (Å²) in [6.07, 6.45) is 0. The van der Waals surface area contributed by atoms with Gasteiger partial charge < -0.3 is 15.7 Å². The number of rotatable bonds is 3. The maximum atomic E-state index is 13.4. The third-order valence-electron chi connectivity index (χ3n) is 1.92. The number of carbonyl (C=O) groups excluding carboxylic acids is 1. The minimum absolute atomic E-state index is 0.167. The van der Waals surface area contributed by atoms with Crippen molar-refractivity contribution in [1.29, 1.82) is 0 Å². The van der Waals surface area contributed by atoms with Gasteiger partial charge in [-0.3, -0.25) is 4.79 Å². The van der Waals surface area contributed by atoms with Crippen molar-refractivity contribution in [3.05, 3.63) is 29.3 Å². The number of anilines is 1. The van der Waals surface area contributed by atoms with E-state index in [0.29, 0.717) is 0 Å². The van der Waals surface area contributed by atoms with E-state index in [-0.39, 0.29) is 5.56 Å². The molecule has 1 aromatic rings. The maximum Gasteiger partial charge on any atom is 0.323 e. The van der Waals surface area contributed by atoms with Crippen LogP contribution in [0.4, 0.5) is 19.3 Å². The van der Waals surface area contributed by atoms with Gasteiger partial charge in [0, 0.05) is 0 Å². The number of hydrogen-bond acceptors (Lipinski definition) is 2. The Kier molecular flexibility index (Phi) is 3.97. The van der Waals surface area contributed by atoms with Gasteiger partial charge in [0.1, 0.15) is 18.0 Å². The van der Waals surface area contributed by atoms with Crippen LogP contribution >= 0.6 is 0 Å². The minimum atomic E-state index is -1.26. The molecule has 0 heterocycles. The van der Waals surface area contributed by atoms with E-state index in [9.17, 15) is 18.4 Å². The van der Waals surface area contributed by atoms with E-state index >= 15 is 0 Å². The second-order valence-electron chi connectivity index (χ2n) is 3.25. The van der Waals surface area contributed by atoms with E-state index in [4.69, 9.17) is 5.11 Å². The third-order valence-corrected chi connectivity index (χ3v) is 1.92. The van der Waals surface area contributed by atoms with Gasteiger partial charge in [-0.2, -0.15) is 0 Å². The molecule has 0 unspecified atom stereocenters. The Morgan fingerprint density at radius 3 is 2.59 bits per heavy atom. The lowest BCUT2D eigenvalue weighted by Gasteiger charge is -2.09. The molecule has 0 aliphatic carbocycles. The van der Waals surface area contributed by atoms with Crippen molar-refractivity contribution < 1.29 is 23.5 Å². The standard InChI is InChI=1S/C10H10F2N2O3/c1-5-2-3-6(11)9(8(5)12)14-10(17)13-4-7(15)16/h2-3H,4H2,1H3,(H,15,16)(H2,13,14,17). The van der Waals surface area contributed by atoms with E-state index in [1.54, 1.807) is 0 Å². The second-order valence-corrected chi connectivity index (χ2v) is 3.25. The van der Waals surface area contributed by atoms with Crippen molar-refractivity contribution in [3.8, 4) is 0 Å². The zero-order valence-corrected chi connectivity index (χ0v) is 8.88. The second kappa shape index (κ2) is 5.24. The fourth-order valence-electron chi connectivity index (χ4n) is 1.08. The summed E-state index contributed by atoms with van der Waals surface area (Å²) in [6, 6.07) is 1.24. The summed E-state index contributed by atoms with van der Waals surface area (Å²) >= 11 is 0. The third kappa shape index (κ3) is 3.40. The topological polar surface area (TPSA) is 78.4 Å². The Balaban J connectivity index is 2.78. The Morgan fingerprint density at radius 2 is 2.00 bits per heavy atom. The summed E-state index contributed by atoms with van der Waals surface area (Å²) in [5.41, 5.74) is -0.437. The number of halogens is 2. The molecule has 0 atom stereocenters. The number of carboxylic acids is 1. The number of benzene rings is 1. The van der Waals surface area contributed by atoms with Crippen LogP contribution in [0.5, 0.6) is 0 Å². The number of amides is 2. The first-order valence-corrected chi connectivity index (χ1v) is 4.63. The molecule has 0 radical (unpaired) electrons. The van der Waals surface area contributed by atoms with Gasteiger partial charge >= 0.3 is 12.0 Å². The molecule has 0 saturated heterocycles. The summed E-state index contributed by atoms with van der Waals surface area (Å²) in [5.74, 6) is -3.08. The molecule has 3 N–H and O–H groups in total. The van der Waals surface area contributed by atoms with Crippen LogP contribution in [0.25, 0.3) is 0 Å². The quantitative estimate of drug-likeness (QED) is 0.753. The van der Waals surface area contributed by atoms with Crippen LogP contribution in [0, 0.1) is 18.6 Å². The van der Waals surface area contributed by atoms with Gasteiger partial charge in [-0.15, -0.1) is 0 Å². The molecule has 0 aromatic heterocycles. The normalized spacial score (nSPS) is 9.82. The Morgan fingerprint density at radius 1 is 1.35 bits per heavy atom. The number of urea groups is 1. The van der Waals surface area contributed by atoms with Crippen LogP contribution in [0.1, 0.15) is 5.56 Å². The van der Waals surface area contributed by atoms with Crippen molar-refractivity contribution in [2.24, 2.45) is 0 Å². The SMILES string of the molecule is Cc1ccc(F)c(NC(=O)NCC(=O)O)c1F. The monoisotopic (exact) mass is 244 g/mol. The number of aliphatic carboxylic acids is 1. The number of carbonyl (C=O) groups is 2. The summed E-state index contributed by atoms with van der Waals surface area (Å²) < 4.78 is 26.6. The largest absolute Gasteiger partial charge is 0.480 e. The molecule has 0 fully saturated rings. The van der Waals surface area contributed by atoms with Crippen molar-refractivity contribution in [1.82, 2.24) is 5.32 Å². The smallest absolute Gasteiger partial charge is 0.323 e. The van der Waals surface area contributed by atoms with Crippen molar-refractivity contribution >= 4 is 17.7 Å². The fourth-order valence-corrected chi connectivity index (χ4v) is 1.08. The molecule has 92 valence electrons. The van der Waals surface area contributed by atoms with Crippen molar-refractivity contribution in [2.75, 3.05) is 11.9 Å². The molecule has 2 amide bonds. The van der Waals surface area contributed by atoms with Crippen molar-refractivity contribution in [2.45, 2.75) is 6.92 Å². The number of aryl methyl sites for hydroxylation is 1. The van der Waals surface area contributed by atoms with Gasteiger partial charge in [-0.1, -0.05) is 6.07 Å². The number of carboxylic acid groups (broad SMARTS) is 1. The van der Waals surface area contributed by atoms with Crippen LogP contribution in [0.2, 0.25) is 0 Å². The first-order valence-electron chi connectivity index (χ1n) is 4.63. The zero-order valence-electron chi connectivity index (χ0n) is 8.88. The highest BCUT2D eigenvalue weighted by atomic mass is 19.1. The van der Waals surface area contributed by atoms with Gasteiger partial charge in [0.05, 0.1) is 0 Å². The Hall–Kier alpha value is -2.18. The highest BCUT2D eigenvalue weighted by Gasteiger charge is 2.14. The molecule has 0 spiro atoms. The van der Waals surface area contributed by atoms with E-state index in [2.05, 4.69) is 0 Å². The average molecular weight is 244 g/mol. The first-order chi connectivity index (χ1) is 7.91. The lowest BCUT2D eigenvalue weighted by atomic mass is 10.2. The molecule has 0 bridgehead atoms. The lowest BCUT2D eigenvalue weighted by molar-refractivity contribution is -0.135. The van der Waals surface area contributed by atoms with Crippen LogP contribution in [0.15, 0.2) is 12.1 Å².